The van der Waals surface area contributed by atoms with E-state index in [1.165, 1.54) is 82.6 Å². The van der Waals surface area contributed by atoms with Crippen LogP contribution in [-0.2, 0) is 17.9 Å². The summed E-state index contributed by atoms with van der Waals surface area (Å²) in [7, 11) is 0. The molecule has 40 heavy (non-hydrogen) atoms. The van der Waals surface area contributed by atoms with Gasteiger partial charge in [0.15, 0.2) is 11.9 Å². The molecule has 1 aromatic carbocycles. The SMILES string of the molecule is CCCC[C@H]1CN(Cc2ccc(CN3C(=N)N[C@](CCC4CCCCC4)(CC4CCCCC4)C3=O)cc2)C(=N)N1. The van der Waals surface area contributed by atoms with Gasteiger partial charge in [-0.25, -0.2) is 0 Å². The van der Waals surface area contributed by atoms with Crippen LogP contribution in [0, 0.1) is 22.7 Å². The number of unbranched alkanes of at least 4 members (excludes halogenated alkanes) is 1. The number of nitrogens with zero attached hydrogens (tertiary/aromatic N) is 2. The quantitative estimate of drug-likeness (QED) is 0.239. The lowest BCUT2D eigenvalue weighted by molar-refractivity contribution is -0.132. The zero-order valence-electron chi connectivity index (χ0n) is 24.8. The highest BCUT2D eigenvalue weighted by Crippen LogP contribution is 2.39. The second-order valence-electron chi connectivity index (χ2n) is 13.2. The third-order valence-corrected chi connectivity index (χ3v) is 10.1. The Morgan fingerprint density at radius 1 is 0.850 bits per heavy atom. The van der Waals surface area contributed by atoms with E-state index < -0.39 is 5.54 Å². The van der Waals surface area contributed by atoms with E-state index in [2.05, 4.69) is 46.7 Å². The third kappa shape index (κ3) is 7.01. The molecule has 2 aliphatic carbocycles. The highest BCUT2D eigenvalue weighted by molar-refractivity contribution is 6.07. The molecule has 2 saturated carbocycles. The van der Waals surface area contributed by atoms with Gasteiger partial charge in [0.25, 0.3) is 5.91 Å². The van der Waals surface area contributed by atoms with Gasteiger partial charge in [-0.3, -0.25) is 20.5 Å². The predicted molar refractivity (Wildman–Crippen MR) is 162 cm³/mol. The predicted octanol–water partition coefficient (Wildman–Crippen LogP) is 6.52. The highest BCUT2D eigenvalue weighted by atomic mass is 16.2. The molecule has 2 heterocycles. The Morgan fingerprint density at radius 2 is 1.48 bits per heavy atom. The van der Waals surface area contributed by atoms with Crippen molar-refractivity contribution in [3.63, 3.8) is 0 Å². The van der Waals surface area contributed by atoms with E-state index in [0.29, 0.717) is 24.5 Å². The molecular weight excluding hydrogens is 496 g/mol. The minimum Gasteiger partial charge on any atom is -0.352 e. The third-order valence-electron chi connectivity index (χ3n) is 10.1. The van der Waals surface area contributed by atoms with Gasteiger partial charge in [-0.05, 0) is 48.6 Å². The fraction of sp³-hybridized carbons (Fsp3) is 0.727. The van der Waals surface area contributed by atoms with Crippen LogP contribution in [0.3, 0.4) is 0 Å². The van der Waals surface area contributed by atoms with Crippen molar-refractivity contribution in [2.45, 2.75) is 134 Å². The van der Waals surface area contributed by atoms with Gasteiger partial charge >= 0.3 is 0 Å². The van der Waals surface area contributed by atoms with Crippen LogP contribution in [-0.4, -0.2) is 45.8 Å². The Kier molecular flexibility index (Phi) is 9.69. The summed E-state index contributed by atoms with van der Waals surface area (Å²) < 4.78 is 0. The van der Waals surface area contributed by atoms with Crippen LogP contribution in [0.25, 0.3) is 0 Å². The maximum atomic E-state index is 14.1. The van der Waals surface area contributed by atoms with E-state index in [1.54, 1.807) is 4.90 Å². The molecule has 0 spiro atoms. The van der Waals surface area contributed by atoms with Crippen molar-refractivity contribution in [1.82, 2.24) is 20.4 Å². The van der Waals surface area contributed by atoms with Gasteiger partial charge in [-0.15, -0.1) is 0 Å². The average Bonchev–Trinajstić information content (AvgIpc) is 3.43. The molecule has 2 saturated heterocycles. The molecule has 1 aromatic rings. The first kappa shape index (κ1) is 28.9. The Labute approximate surface area is 241 Å². The molecule has 7 heteroatoms. The van der Waals surface area contributed by atoms with Crippen LogP contribution < -0.4 is 10.6 Å². The molecule has 0 unspecified atom stereocenters. The zero-order chi connectivity index (χ0) is 28.0. The van der Waals surface area contributed by atoms with Crippen LogP contribution in [0.2, 0.25) is 0 Å². The summed E-state index contributed by atoms with van der Waals surface area (Å²) >= 11 is 0. The number of benzene rings is 1. The summed E-state index contributed by atoms with van der Waals surface area (Å²) in [6.45, 7) is 4.26. The number of guanidine groups is 2. The molecular formula is C33H52N6O. The second kappa shape index (κ2) is 13.4. The van der Waals surface area contributed by atoms with Crippen LogP contribution in [0.5, 0.6) is 0 Å². The maximum absolute atomic E-state index is 14.1. The molecule has 4 N–H and O–H groups in total. The summed E-state index contributed by atoms with van der Waals surface area (Å²) in [4.78, 5) is 17.9. The van der Waals surface area contributed by atoms with E-state index in [0.717, 1.165) is 50.3 Å². The molecule has 4 aliphatic rings. The zero-order valence-corrected chi connectivity index (χ0v) is 24.8. The first-order chi connectivity index (χ1) is 19.5. The largest absolute Gasteiger partial charge is 0.352 e. The normalized spacial score (nSPS) is 26.4. The molecule has 2 aliphatic heterocycles. The Bertz CT molecular complexity index is 1010. The minimum absolute atomic E-state index is 0.123. The number of hydrogen-bond donors (Lipinski definition) is 4. The van der Waals surface area contributed by atoms with Crippen molar-refractivity contribution >= 4 is 17.8 Å². The number of carbonyl (C=O) groups is 1. The Balaban J connectivity index is 1.22. The molecule has 0 radical (unpaired) electrons. The molecule has 2 atom stereocenters. The van der Waals surface area contributed by atoms with Crippen molar-refractivity contribution in [2.24, 2.45) is 11.8 Å². The minimum atomic E-state index is -0.603. The van der Waals surface area contributed by atoms with Gasteiger partial charge in [0.1, 0.15) is 5.54 Å². The number of carbonyl (C=O) groups excluding carboxylic acids is 1. The topological polar surface area (TPSA) is 95.3 Å². The van der Waals surface area contributed by atoms with Gasteiger partial charge < -0.3 is 15.5 Å². The smallest absolute Gasteiger partial charge is 0.255 e. The average molecular weight is 549 g/mol. The van der Waals surface area contributed by atoms with E-state index >= 15 is 0 Å². The Hall–Kier alpha value is -2.57. The molecule has 0 bridgehead atoms. The van der Waals surface area contributed by atoms with Gasteiger partial charge in [0.2, 0.25) is 0 Å². The van der Waals surface area contributed by atoms with Gasteiger partial charge in [-0.1, -0.05) is 108 Å². The number of hydrogen-bond acceptors (Lipinski definition) is 3. The highest BCUT2D eigenvalue weighted by Gasteiger charge is 2.50. The molecule has 220 valence electrons. The van der Waals surface area contributed by atoms with Gasteiger partial charge in [-0.2, -0.15) is 0 Å². The van der Waals surface area contributed by atoms with E-state index in [-0.39, 0.29) is 11.9 Å². The summed E-state index contributed by atoms with van der Waals surface area (Å²) in [5.41, 5.74) is 1.62. The van der Waals surface area contributed by atoms with E-state index in [4.69, 9.17) is 10.8 Å². The van der Waals surface area contributed by atoms with Crippen LogP contribution in [0.15, 0.2) is 24.3 Å². The molecule has 0 aromatic heterocycles. The molecule has 7 nitrogen and oxygen atoms in total. The molecule has 5 rings (SSSR count). The lowest BCUT2D eigenvalue weighted by Crippen LogP contribution is -2.49. The number of amides is 1. The van der Waals surface area contributed by atoms with E-state index in [1.807, 2.05) is 0 Å². The molecule has 4 fully saturated rings. The summed E-state index contributed by atoms with van der Waals surface area (Å²) in [5, 5.41) is 24.0. The summed E-state index contributed by atoms with van der Waals surface area (Å²) in [5.74, 6) is 2.25. The monoisotopic (exact) mass is 548 g/mol. The first-order valence-electron chi connectivity index (χ1n) is 16.3. The summed E-state index contributed by atoms with van der Waals surface area (Å²) in [6.07, 6.45) is 19.2. The van der Waals surface area contributed by atoms with Crippen molar-refractivity contribution < 1.29 is 4.79 Å². The van der Waals surface area contributed by atoms with Crippen LogP contribution in [0.4, 0.5) is 0 Å². The number of rotatable bonds is 12. The maximum Gasteiger partial charge on any atom is 0.255 e. The lowest BCUT2D eigenvalue weighted by Gasteiger charge is -2.34. The van der Waals surface area contributed by atoms with Crippen LogP contribution in [0.1, 0.15) is 121 Å². The van der Waals surface area contributed by atoms with Crippen molar-refractivity contribution in [1.29, 1.82) is 10.8 Å². The van der Waals surface area contributed by atoms with E-state index in [9.17, 15) is 4.79 Å². The van der Waals surface area contributed by atoms with Crippen molar-refractivity contribution in [3.05, 3.63) is 35.4 Å². The van der Waals surface area contributed by atoms with Gasteiger partial charge in [0, 0.05) is 19.1 Å². The molecule has 1 amide bonds. The number of nitrogens with one attached hydrogen (secondary N) is 4. The first-order valence-corrected chi connectivity index (χ1v) is 16.3. The van der Waals surface area contributed by atoms with Crippen molar-refractivity contribution in [3.8, 4) is 0 Å². The fourth-order valence-corrected chi connectivity index (χ4v) is 7.68. The Morgan fingerprint density at radius 3 is 2.12 bits per heavy atom. The summed E-state index contributed by atoms with van der Waals surface area (Å²) in [6, 6.07) is 8.82. The van der Waals surface area contributed by atoms with Crippen molar-refractivity contribution in [2.75, 3.05) is 6.54 Å². The standard InChI is InChI=1S/C33H52N6O/c1-2-3-14-29-24-38(31(34)36-29)22-27-15-17-28(18-16-27)23-39-30(40)33(37-32(39)35,21-26-12-8-5-9-13-26)20-19-25-10-6-4-7-11-25/h15-18,25-26,29H,2-14,19-24H2,1H3,(H2,34,36)(H2,35,37)/t29-,33+/m0/s1. The fourth-order valence-electron chi connectivity index (χ4n) is 7.68. The van der Waals surface area contributed by atoms with Gasteiger partial charge in [0.05, 0.1) is 6.54 Å². The second-order valence-corrected chi connectivity index (χ2v) is 13.2. The van der Waals surface area contributed by atoms with Crippen LogP contribution >= 0.6 is 0 Å². The lowest BCUT2D eigenvalue weighted by atomic mass is 9.75.